The highest BCUT2D eigenvalue weighted by molar-refractivity contribution is 4.97. The van der Waals surface area contributed by atoms with Gasteiger partial charge in [0, 0.05) is 24.7 Å². The normalized spacial score (nSPS) is 35.1. The van der Waals surface area contributed by atoms with E-state index in [2.05, 4.69) is 30.6 Å². The summed E-state index contributed by atoms with van der Waals surface area (Å²) in [6.45, 7) is 10.9. The monoisotopic (exact) mass is 196 g/mol. The highest BCUT2D eigenvalue weighted by Crippen LogP contribution is 2.31. The van der Waals surface area contributed by atoms with Gasteiger partial charge in [0.05, 0.1) is 0 Å². The first kappa shape index (κ1) is 10.4. The molecule has 2 saturated heterocycles. The SMILES string of the molecule is CCN1CCCC1C1CCN1C(C)C. The van der Waals surface area contributed by atoms with E-state index < -0.39 is 0 Å². The molecule has 2 atom stereocenters. The van der Waals surface area contributed by atoms with Gasteiger partial charge in [-0.05, 0) is 46.2 Å². The summed E-state index contributed by atoms with van der Waals surface area (Å²) in [5, 5.41) is 0. The van der Waals surface area contributed by atoms with Crippen LogP contribution in [0, 0.1) is 0 Å². The van der Waals surface area contributed by atoms with Gasteiger partial charge in [0.25, 0.3) is 0 Å². The summed E-state index contributed by atoms with van der Waals surface area (Å²) in [5.74, 6) is 0. The minimum absolute atomic E-state index is 0.744. The van der Waals surface area contributed by atoms with Crippen LogP contribution in [-0.4, -0.2) is 47.6 Å². The zero-order valence-electron chi connectivity index (χ0n) is 9.87. The largest absolute Gasteiger partial charge is 0.299 e. The summed E-state index contributed by atoms with van der Waals surface area (Å²) in [5.41, 5.74) is 0. The van der Waals surface area contributed by atoms with E-state index in [0.717, 1.165) is 18.1 Å². The Kier molecular flexibility index (Phi) is 3.13. The lowest BCUT2D eigenvalue weighted by molar-refractivity contribution is 0.00347. The Morgan fingerprint density at radius 2 is 1.93 bits per heavy atom. The molecule has 2 aliphatic rings. The van der Waals surface area contributed by atoms with Gasteiger partial charge in [0.2, 0.25) is 0 Å². The number of hydrogen-bond acceptors (Lipinski definition) is 2. The van der Waals surface area contributed by atoms with E-state index >= 15 is 0 Å². The molecule has 0 aliphatic carbocycles. The average molecular weight is 196 g/mol. The lowest BCUT2D eigenvalue weighted by Gasteiger charge is -2.49. The molecular formula is C12H24N2. The van der Waals surface area contributed by atoms with Crippen LogP contribution in [0.3, 0.4) is 0 Å². The number of rotatable bonds is 3. The van der Waals surface area contributed by atoms with Crippen molar-refractivity contribution >= 4 is 0 Å². The minimum Gasteiger partial charge on any atom is -0.299 e. The Labute approximate surface area is 88.3 Å². The summed E-state index contributed by atoms with van der Waals surface area (Å²) >= 11 is 0. The Morgan fingerprint density at radius 1 is 1.14 bits per heavy atom. The fourth-order valence-corrected chi connectivity index (χ4v) is 3.16. The fourth-order valence-electron chi connectivity index (χ4n) is 3.16. The van der Waals surface area contributed by atoms with Crippen LogP contribution in [0.5, 0.6) is 0 Å². The van der Waals surface area contributed by atoms with Crippen LogP contribution in [-0.2, 0) is 0 Å². The van der Waals surface area contributed by atoms with Crippen LogP contribution in [0.2, 0.25) is 0 Å². The summed E-state index contributed by atoms with van der Waals surface area (Å²) in [6.07, 6.45) is 4.28. The van der Waals surface area contributed by atoms with Crippen LogP contribution in [0.25, 0.3) is 0 Å². The molecule has 0 amide bonds. The molecule has 82 valence electrons. The minimum atomic E-state index is 0.744. The smallest absolute Gasteiger partial charge is 0.0266 e. The van der Waals surface area contributed by atoms with Crippen molar-refractivity contribution in [2.45, 2.75) is 58.2 Å². The summed E-state index contributed by atoms with van der Waals surface area (Å²) in [7, 11) is 0. The van der Waals surface area contributed by atoms with Crippen molar-refractivity contribution in [3.63, 3.8) is 0 Å². The Bertz CT molecular complexity index is 191. The second-order valence-electron chi connectivity index (χ2n) is 5.03. The topological polar surface area (TPSA) is 6.48 Å². The van der Waals surface area contributed by atoms with E-state index in [1.807, 2.05) is 0 Å². The van der Waals surface area contributed by atoms with Crippen LogP contribution in [0.1, 0.15) is 40.0 Å². The predicted octanol–water partition coefficient (Wildman–Crippen LogP) is 1.95. The molecule has 0 radical (unpaired) electrons. The van der Waals surface area contributed by atoms with E-state index in [1.54, 1.807) is 0 Å². The van der Waals surface area contributed by atoms with E-state index in [9.17, 15) is 0 Å². The molecule has 14 heavy (non-hydrogen) atoms. The van der Waals surface area contributed by atoms with E-state index in [4.69, 9.17) is 0 Å². The van der Waals surface area contributed by atoms with Gasteiger partial charge >= 0.3 is 0 Å². The van der Waals surface area contributed by atoms with Gasteiger partial charge in [-0.2, -0.15) is 0 Å². The third-order valence-electron chi connectivity index (χ3n) is 4.04. The molecule has 2 heterocycles. The molecular weight excluding hydrogens is 172 g/mol. The molecule has 0 bridgehead atoms. The van der Waals surface area contributed by atoms with Crippen molar-refractivity contribution in [2.75, 3.05) is 19.6 Å². The molecule has 0 aromatic rings. The molecule has 0 aromatic carbocycles. The highest BCUT2D eigenvalue weighted by Gasteiger charge is 2.40. The molecule has 2 nitrogen and oxygen atoms in total. The van der Waals surface area contributed by atoms with Gasteiger partial charge in [0.15, 0.2) is 0 Å². The molecule has 0 saturated carbocycles. The zero-order valence-corrected chi connectivity index (χ0v) is 9.87. The van der Waals surface area contributed by atoms with Crippen LogP contribution in [0.15, 0.2) is 0 Å². The van der Waals surface area contributed by atoms with Crippen molar-refractivity contribution in [1.82, 2.24) is 9.80 Å². The lowest BCUT2D eigenvalue weighted by atomic mass is 9.91. The third kappa shape index (κ3) is 1.70. The summed E-state index contributed by atoms with van der Waals surface area (Å²) in [4.78, 5) is 5.36. The van der Waals surface area contributed by atoms with E-state index in [0.29, 0.717) is 0 Å². The van der Waals surface area contributed by atoms with Gasteiger partial charge in [-0.25, -0.2) is 0 Å². The molecule has 0 aromatic heterocycles. The Morgan fingerprint density at radius 3 is 2.43 bits per heavy atom. The zero-order chi connectivity index (χ0) is 10.1. The van der Waals surface area contributed by atoms with Gasteiger partial charge in [-0.1, -0.05) is 6.92 Å². The summed E-state index contributed by atoms with van der Waals surface area (Å²) in [6, 6.07) is 2.49. The molecule has 2 fully saturated rings. The second-order valence-corrected chi connectivity index (χ2v) is 5.03. The van der Waals surface area contributed by atoms with Crippen molar-refractivity contribution in [3.05, 3.63) is 0 Å². The van der Waals surface area contributed by atoms with Crippen molar-refractivity contribution < 1.29 is 0 Å². The third-order valence-corrected chi connectivity index (χ3v) is 4.04. The second kappa shape index (κ2) is 4.19. The van der Waals surface area contributed by atoms with Crippen LogP contribution < -0.4 is 0 Å². The Balaban J connectivity index is 1.94. The van der Waals surface area contributed by atoms with Crippen LogP contribution >= 0.6 is 0 Å². The van der Waals surface area contributed by atoms with Gasteiger partial charge in [0.1, 0.15) is 0 Å². The maximum Gasteiger partial charge on any atom is 0.0266 e. The maximum absolute atomic E-state index is 2.68. The van der Waals surface area contributed by atoms with Gasteiger partial charge in [-0.3, -0.25) is 9.80 Å². The number of nitrogens with zero attached hydrogens (tertiary/aromatic N) is 2. The first-order chi connectivity index (χ1) is 6.74. The average Bonchev–Trinajstić information content (AvgIpc) is 2.49. The van der Waals surface area contributed by atoms with Gasteiger partial charge in [-0.15, -0.1) is 0 Å². The quantitative estimate of drug-likeness (QED) is 0.681. The molecule has 0 N–H and O–H groups in total. The first-order valence-electron chi connectivity index (χ1n) is 6.23. The number of hydrogen-bond donors (Lipinski definition) is 0. The lowest BCUT2D eigenvalue weighted by Crippen LogP contribution is -2.59. The van der Waals surface area contributed by atoms with E-state index in [-0.39, 0.29) is 0 Å². The number of likely N-dealkylation sites (tertiary alicyclic amines) is 2. The van der Waals surface area contributed by atoms with Crippen molar-refractivity contribution in [3.8, 4) is 0 Å². The predicted molar refractivity (Wildman–Crippen MR) is 60.5 cm³/mol. The highest BCUT2D eigenvalue weighted by atomic mass is 15.3. The van der Waals surface area contributed by atoms with E-state index in [1.165, 1.54) is 38.9 Å². The molecule has 2 unspecified atom stereocenters. The molecule has 0 spiro atoms. The van der Waals surface area contributed by atoms with Crippen molar-refractivity contribution in [2.24, 2.45) is 0 Å². The maximum atomic E-state index is 2.68. The molecule has 2 aliphatic heterocycles. The van der Waals surface area contributed by atoms with Crippen LogP contribution in [0.4, 0.5) is 0 Å². The summed E-state index contributed by atoms with van der Waals surface area (Å²) < 4.78 is 0. The fraction of sp³-hybridized carbons (Fsp3) is 1.00. The van der Waals surface area contributed by atoms with Gasteiger partial charge < -0.3 is 0 Å². The molecule has 2 heteroatoms. The van der Waals surface area contributed by atoms with Crippen molar-refractivity contribution in [1.29, 1.82) is 0 Å². The number of likely N-dealkylation sites (N-methyl/N-ethyl adjacent to an activating group) is 1. The standard InChI is InChI=1S/C12H24N2/c1-4-13-8-5-6-11(13)12-7-9-14(12)10(2)3/h10-12H,4-9H2,1-3H3. The molecule has 2 rings (SSSR count). The first-order valence-corrected chi connectivity index (χ1v) is 6.23. The Hall–Kier alpha value is -0.0800.